The molecule has 1 aromatic heterocycles. The van der Waals surface area contributed by atoms with Crippen molar-refractivity contribution in [1.29, 1.82) is 0 Å². The van der Waals surface area contributed by atoms with Gasteiger partial charge in [-0.2, -0.15) is 0 Å². The first kappa shape index (κ1) is 11.1. The number of hydrogen-bond acceptors (Lipinski definition) is 4. The van der Waals surface area contributed by atoms with Crippen LogP contribution in [0.5, 0.6) is 5.75 Å². The van der Waals surface area contributed by atoms with E-state index in [-0.39, 0.29) is 0 Å². The van der Waals surface area contributed by atoms with E-state index in [0.717, 1.165) is 21.6 Å². The van der Waals surface area contributed by atoms with Crippen LogP contribution < -0.4 is 4.74 Å². The minimum absolute atomic E-state index is 0.599. The Balaban J connectivity index is 2.33. The van der Waals surface area contributed by atoms with Crippen molar-refractivity contribution in [2.75, 3.05) is 7.11 Å². The van der Waals surface area contributed by atoms with Crippen LogP contribution in [0.4, 0.5) is 0 Å². The van der Waals surface area contributed by atoms with Gasteiger partial charge in [-0.05, 0) is 35.5 Å². The zero-order valence-electron chi connectivity index (χ0n) is 9.01. The van der Waals surface area contributed by atoms with E-state index in [0.29, 0.717) is 6.54 Å². The molecule has 16 heavy (non-hydrogen) atoms. The number of methoxy groups -OCH3 is 1. The van der Waals surface area contributed by atoms with Gasteiger partial charge in [-0.1, -0.05) is 15.9 Å². The van der Waals surface area contributed by atoms with E-state index in [2.05, 4.69) is 31.5 Å². The number of ether oxygens (including phenoxy) is 1. The van der Waals surface area contributed by atoms with Gasteiger partial charge in [0.15, 0.2) is 0 Å². The number of benzene rings is 1. The summed E-state index contributed by atoms with van der Waals surface area (Å²) in [5.74, 6) is 1.61. The SMILES string of the molecule is COc1ccc(Br)cc1Cn1nnnc1C. The molecule has 0 saturated heterocycles. The first-order chi connectivity index (χ1) is 7.70. The molecule has 84 valence electrons. The maximum atomic E-state index is 5.29. The van der Waals surface area contributed by atoms with Crippen LogP contribution in [0.25, 0.3) is 0 Å². The topological polar surface area (TPSA) is 52.8 Å². The molecule has 0 N–H and O–H groups in total. The van der Waals surface area contributed by atoms with Crippen LogP contribution in [-0.2, 0) is 6.54 Å². The molecule has 0 unspecified atom stereocenters. The van der Waals surface area contributed by atoms with Gasteiger partial charge in [-0.15, -0.1) is 5.10 Å². The average molecular weight is 283 g/mol. The van der Waals surface area contributed by atoms with E-state index in [4.69, 9.17) is 4.74 Å². The lowest BCUT2D eigenvalue weighted by molar-refractivity contribution is 0.406. The first-order valence-corrected chi connectivity index (χ1v) is 5.55. The van der Waals surface area contributed by atoms with Crippen LogP contribution in [0.3, 0.4) is 0 Å². The van der Waals surface area contributed by atoms with Gasteiger partial charge >= 0.3 is 0 Å². The quantitative estimate of drug-likeness (QED) is 0.862. The lowest BCUT2D eigenvalue weighted by Crippen LogP contribution is -2.05. The monoisotopic (exact) mass is 282 g/mol. The highest BCUT2D eigenvalue weighted by molar-refractivity contribution is 9.10. The van der Waals surface area contributed by atoms with E-state index < -0.39 is 0 Å². The lowest BCUT2D eigenvalue weighted by atomic mass is 10.2. The molecule has 6 heteroatoms. The zero-order chi connectivity index (χ0) is 11.5. The molecule has 0 bridgehead atoms. The lowest BCUT2D eigenvalue weighted by Gasteiger charge is -2.09. The second-order valence-corrected chi connectivity index (χ2v) is 4.26. The molecule has 0 fully saturated rings. The van der Waals surface area contributed by atoms with Gasteiger partial charge in [0, 0.05) is 10.0 Å². The van der Waals surface area contributed by atoms with E-state index in [1.165, 1.54) is 0 Å². The van der Waals surface area contributed by atoms with Crippen LogP contribution in [0.2, 0.25) is 0 Å². The normalized spacial score (nSPS) is 10.4. The van der Waals surface area contributed by atoms with Gasteiger partial charge in [-0.3, -0.25) is 0 Å². The molecule has 0 saturated carbocycles. The summed E-state index contributed by atoms with van der Waals surface area (Å²) >= 11 is 3.43. The summed E-state index contributed by atoms with van der Waals surface area (Å²) in [6.07, 6.45) is 0. The maximum Gasteiger partial charge on any atom is 0.148 e. The fraction of sp³-hybridized carbons (Fsp3) is 0.300. The summed E-state index contributed by atoms with van der Waals surface area (Å²) in [7, 11) is 1.65. The molecule has 0 aliphatic heterocycles. The molecular weight excluding hydrogens is 272 g/mol. The summed E-state index contributed by atoms with van der Waals surface area (Å²) in [4.78, 5) is 0. The van der Waals surface area contributed by atoms with Crippen molar-refractivity contribution in [1.82, 2.24) is 20.2 Å². The summed E-state index contributed by atoms with van der Waals surface area (Å²) in [6, 6.07) is 5.85. The fourth-order valence-electron chi connectivity index (χ4n) is 1.43. The van der Waals surface area contributed by atoms with Crippen molar-refractivity contribution in [3.63, 3.8) is 0 Å². The summed E-state index contributed by atoms with van der Waals surface area (Å²) in [6.45, 7) is 2.46. The van der Waals surface area contributed by atoms with Gasteiger partial charge < -0.3 is 4.74 Å². The molecule has 1 heterocycles. The third-order valence-electron chi connectivity index (χ3n) is 2.27. The molecule has 2 aromatic rings. The van der Waals surface area contributed by atoms with Crippen molar-refractivity contribution in [3.8, 4) is 5.75 Å². The van der Waals surface area contributed by atoms with E-state index in [1.807, 2.05) is 25.1 Å². The molecule has 0 spiro atoms. The van der Waals surface area contributed by atoms with Gasteiger partial charge in [0.25, 0.3) is 0 Å². The predicted molar refractivity (Wildman–Crippen MR) is 62.4 cm³/mol. The maximum absolute atomic E-state index is 5.29. The second kappa shape index (κ2) is 4.61. The van der Waals surface area contributed by atoms with E-state index in [1.54, 1.807) is 11.8 Å². The van der Waals surface area contributed by atoms with Crippen LogP contribution >= 0.6 is 15.9 Å². The Morgan fingerprint density at radius 3 is 2.88 bits per heavy atom. The highest BCUT2D eigenvalue weighted by atomic mass is 79.9. The van der Waals surface area contributed by atoms with Crippen molar-refractivity contribution in [2.24, 2.45) is 0 Å². The zero-order valence-corrected chi connectivity index (χ0v) is 10.6. The van der Waals surface area contributed by atoms with Crippen LogP contribution in [0.15, 0.2) is 22.7 Å². The number of halogens is 1. The number of rotatable bonds is 3. The molecule has 0 amide bonds. The standard InChI is InChI=1S/C10H11BrN4O/c1-7-12-13-14-15(7)6-8-5-9(11)3-4-10(8)16-2/h3-5H,6H2,1-2H3. The minimum Gasteiger partial charge on any atom is -0.496 e. The van der Waals surface area contributed by atoms with Gasteiger partial charge in [0.2, 0.25) is 0 Å². The largest absolute Gasteiger partial charge is 0.496 e. The number of aromatic nitrogens is 4. The van der Waals surface area contributed by atoms with Crippen LogP contribution in [0.1, 0.15) is 11.4 Å². The van der Waals surface area contributed by atoms with E-state index >= 15 is 0 Å². The average Bonchev–Trinajstić information content (AvgIpc) is 2.65. The first-order valence-electron chi connectivity index (χ1n) is 4.76. The van der Waals surface area contributed by atoms with E-state index in [9.17, 15) is 0 Å². The molecule has 0 aliphatic rings. The second-order valence-electron chi connectivity index (χ2n) is 3.34. The van der Waals surface area contributed by atoms with Gasteiger partial charge in [0.1, 0.15) is 11.6 Å². The van der Waals surface area contributed by atoms with Crippen LogP contribution in [0, 0.1) is 6.92 Å². The molecule has 0 radical (unpaired) electrons. The summed E-state index contributed by atoms with van der Waals surface area (Å²) in [5, 5.41) is 11.3. The Labute approximate surface area is 102 Å². The molecule has 0 aliphatic carbocycles. The Bertz CT molecular complexity index is 497. The highest BCUT2D eigenvalue weighted by Gasteiger charge is 2.07. The third kappa shape index (κ3) is 2.21. The molecule has 5 nitrogen and oxygen atoms in total. The van der Waals surface area contributed by atoms with Gasteiger partial charge in [-0.25, -0.2) is 4.68 Å². The fourth-order valence-corrected chi connectivity index (χ4v) is 1.84. The number of tetrazole rings is 1. The predicted octanol–water partition coefficient (Wildman–Crippen LogP) is 1.80. The van der Waals surface area contributed by atoms with Gasteiger partial charge in [0.05, 0.1) is 13.7 Å². The highest BCUT2D eigenvalue weighted by Crippen LogP contribution is 2.23. The Hall–Kier alpha value is -1.43. The smallest absolute Gasteiger partial charge is 0.148 e. The van der Waals surface area contributed by atoms with Crippen LogP contribution in [-0.4, -0.2) is 27.3 Å². The third-order valence-corrected chi connectivity index (χ3v) is 2.77. The summed E-state index contributed by atoms with van der Waals surface area (Å²) in [5.41, 5.74) is 1.03. The molecule has 2 rings (SSSR count). The number of hydrogen-bond donors (Lipinski definition) is 0. The van der Waals surface area contributed by atoms with Crippen molar-refractivity contribution >= 4 is 15.9 Å². The summed E-state index contributed by atoms with van der Waals surface area (Å²) < 4.78 is 8.02. The van der Waals surface area contributed by atoms with Crippen molar-refractivity contribution in [2.45, 2.75) is 13.5 Å². The molecule has 1 aromatic carbocycles. The minimum atomic E-state index is 0.599. The van der Waals surface area contributed by atoms with Crippen molar-refractivity contribution < 1.29 is 4.74 Å². The van der Waals surface area contributed by atoms with Crippen molar-refractivity contribution in [3.05, 3.63) is 34.1 Å². The Morgan fingerprint density at radius 1 is 1.44 bits per heavy atom. The number of aryl methyl sites for hydroxylation is 1. The molecular formula is C10H11BrN4O. The Kier molecular flexibility index (Phi) is 3.19. The molecule has 0 atom stereocenters. The Morgan fingerprint density at radius 2 is 2.25 bits per heavy atom. The number of nitrogens with zero attached hydrogens (tertiary/aromatic N) is 4.